The Morgan fingerprint density at radius 3 is 2.44 bits per heavy atom. The molecule has 0 radical (unpaired) electrons. The Labute approximate surface area is 228 Å². The number of rotatable bonds is 9. The Morgan fingerprint density at radius 2 is 1.74 bits per heavy atom. The van der Waals surface area contributed by atoms with Crippen LogP contribution in [0.5, 0.6) is 5.75 Å². The summed E-state index contributed by atoms with van der Waals surface area (Å²) in [6.45, 7) is 0.0637. The number of esters is 1. The van der Waals surface area contributed by atoms with Crippen molar-refractivity contribution < 1.29 is 28.7 Å². The molecule has 5 rings (SSSR count). The van der Waals surface area contributed by atoms with Crippen molar-refractivity contribution in [2.75, 3.05) is 7.11 Å². The molecular weight excluding hydrogens is 522 g/mol. The van der Waals surface area contributed by atoms with Crippen LogP contribution in [-0.4, -0.2) is 44.6 Å². The number of aromatic hydroxyl groups is 1. The van der Waals surface area contributed by atoms with Crippen LogP contribution in [0.2, 0.25) is 5.02 Å². The van der Waals surface area contributed by atoms with Gasteiger partial charge in [0.15, 0.2) is 5.69 Å². The van der Waals surface area contributed by atoms with Crippen molar-refractivity contribution in [3.05, 3.63) is 113 Å². The largest absolute Gasteiger partial charge is 0.508 e. The second kappa shape index (κ2) is 11.4. The molecular formula is C29H24ClN3O6. The molecule has 10 heteroatoms. The molecule has 198 valence electrons. The number of benzene rings is 2. The van der Waals surface area contributed by atoms with Gasteiger partial charge in [0, 0.05) is 29.4 Å². The minimum Gasteiger partial charge on any atom is -0.508 e. The van der Waals surface area contributed by atoms with Crippen LogP contribution in [0, 0.1) is 0 Å². The lowest BCUT2D eigenvalue weighted by atomic mass is 10.1. The lowest BCUT2D eigenvalue weighted by molar-refractivity contribution is -0.177. The van der Waals surface area contributed by atoms with Crippen LogP contribution in [0.4, 0.5) is 0 Å². The Kier molecular flexibility index (Phi) is 7.62. The van der Waals surface area contributed by atoms with E-state index in [1.165, 1.54) is 36.8 Å². The first kappa shape index (κ1) is 26.0. The third kappa shape index (κ3) is 6.11. The molecule has 9 nitrogen and oxygen atoms in total. The fourth-order valence-electron chi connectivity index (χ4n) is 4.12. The van der Waals surface area contributed by atoms with E-state index in [4.69, 9.17) is 25.6 Å². The summed E-state index contributed by atoms with van der Waals surface area (Å²) in [5, 5.41) is 11.5. The highest BCUT2D eigenvalue weighted by molar-refractivity contribution is 6.30. The van der Waals surface area contributed by atoms with Gasteiger partial charge in [0.2, 0.25) is 0 Å². The number of carbonyl (C=O) groups is 2. The van der Waals surface area contributed by atoms with Gasteiger partial charge in [-0.2, -0.15) is 0 Å². The zero-order valence-electron chi connectivity index (χ0n) is 20.9. The van der Waals surface area contributed by atoms with Crippen LogP contribution < -0.4 is 0 Å². The van der Waals surface area contributed by atoms with Crippen LogP contribution >= 0.6 is 11.6 Å². The number of pyridine rings is 1. The number of hydrogen-bond acceptors (Lipinski definition) is 8. The molecule has 2 aromatic carbocycles. The van der Waals surface area contributed by atoms with E-state index in [1.54, 1.807) is 34.9 Å². The number of phenolic OH excluding ortho intramolecular Hbond substituents is 1. The Balaban J connectivity index is 1.42. The fraction of sp³-hybridized carbons (Fsp3) is 0.138. The van der Waals surface area contributed by atoms with Gasteiger partial charge in [-0.05, 0) is 59.2 Å². The molecule has 0 aliphatic rings. The summed E-state index contributed by atoms with van der Waals surface area (Å²) in [7, 11) is 1.27. The molecule has 0 aliphatic heterocycles. The molecule has 0 unspecified atom stereocenters. The number of methoxy groups -OCH3 is 1. The molecule has 0 bridgehead atoms. The fourth-order valence-corrected chi connectivity index (χ4v) is 4.25. The maximum atomic E-state index is 13.3. The molecule has 5 aromatic rings. The Bertz CT molecular complexity index is 1580. The smallest absolute Gasteiger partial charge is 0.377 e. The van der Waals surface area contributed by atoms with Gasteiger partial charge in [0.25, 0.3) is 0 Å². The molecule has 1 N–H and O–H groups in total. The first-order chi connectivity index (χ1) is 18.9. The molecule has 0 saturated heterocycles. The number of phenols is 1. The molecule has 39 heavy (non-hydrogen) atoms. The van der Waals surface area contributed by atoms with E-state index < -0.39 is 18.0 Å². The highest BCUT2D eigenvalue weighted by Crippen LogP contribution is 2.23. The number of hydrogen-bond donors (Lipinski definition) is 1. The number of nitrogens with zero attached hydrogens (tertiary/aromatic N) is 3. The molecule has 3 aromatic heterocycles. The molecule has 0 saturated carbocycles. The van der Waals surface area contributed by atoms with Crippen molar-refractivity contribution in [1.82, 2.24) is 14.4 Å². The maximum absolute atomic E-state index is 13.3. The van der Waals surface area contributed by atoms with Crippen LogP contribution in [0.25, 0.3) is 16.8 Å². The van der Waals surface area contributed by atoms with E-state index in [1.807, 2.05) is 36.5 Å². The third-order valence-electron chi connectivity index (χ3n) is 6.14. The number of aromatic nitrogens is 2. The van der Waals surface area contributed by atoms with Gasteiger partial charge in [-0.1, -0.05) is 35.9 Å². The van der Waals surface area contributed by atoms with Gasteiger partial charge >= 0.3 is 11.9 Å². The molecule has 0 fully saturated rings. The van der Waals surface area contributed by atoms with Crippen molar-refractivity contribution >= 4 is 29.2 Å². The standard InChI is InChI=1S/C29H24ClN3O6/c1-37-29(36)26(14-19-2-9-24(34)10-3-19)33(15-20-12-13-38-18-20)39-28(35)25-17-32-16-22(6-11-27(32)31-25)21-4-7-23(30)8-5-21/h2-13,16-18,26,34H,14-15H2,1H3/t26-/m0/s1. The molecule has 3 heterocycles. The molecule has 1 atom stereocenters. The van der Waals surface area contributed by atoms with E-state index in [9.17, 15) is 14.7 Å². The van der Waals surface area contributed by atoms with Gasteiger partial charge in [0.05, 0.1) is 26.2 Å². The van der Waals surface area contributed by atoms with E-state index in [0.717, 1.165) is 16.7 Å². The molecule has 0 amide bonds. The average Bonchev–Trinajstić information content (AvgIpc) is 3.62. The van der Waals surface area contributed by atoms with E-state index in [-0.39, 0.29) is 24.4 Å². The Morgan fingerprint density at radius 1 is 1.00 bits per heavy atom. The minimum absolute atomic E-state index is 0.0636. The van der Waals surface area contributed by atoms with Crippen LogP contribution in [0.1, 0.15) is 21.6 Å². The number of carbonyl (C=O) groups excluding carboxylic acids is 2. The minimum atomic E-state index is -0.980. The van der Waals surface area contributed by atoms with Crippen molar-refractivity contribution in [1.29, 1.82) is 0 Å². The Hall–Kier alpha value is -4.60. The number of imidazole rings is 1. The van der Waals surface area contributed by atoms with Gasteiger partial charge in [-0.3, -0.25) is 4.79 Å². The lowest BCUT2D eigenvalue weighted by Crippen LogP contribution is -2.44. The second-order valence-electron chi connectivity index (χ2n) is 8.81. The average molecular weight is 546 g/mol. The number of fused-ring (bicyclic) bond motifs is 1. The summed E-state index contributed by atoms with van der Waals surface area (Å²) in [6, 6.07) is 18.3. The normalized spacial score (nSPS) is 12.0. The zero-order valence-corrected chi connectivity index (χ0v) is 21.6. The van der Waals surface area contributed by atoms with Crippen molar-refractivity contribution in [2.45, 2.75) is 19.0 Å². The zero-order chi connectivity index (χ0) is 27.4. The van der Waals surface area contributed by atoms with Gasteiger partial charge in [0.1, 0.15) is 17.4 Å². The molecule has 0 aliphatic carbocycles. The summed E-state index contributed by atoms with van der Waals surface area (Å²) in [5.74, 6) is -1.24. The number of hydroxylamine groups is 2. The van der Waals surface area contributed by atoms with Crippen LogP contribution in [0.3, 0.4) is 0 Å². The quantitative estimate of drug-likeness (QED) is 0.196. The van der Waals surface area contributed by atoms with Crippen LogP contribution in [0.15, 0.2) is 96.1 Å². The SMILES string of the molecule is COC(=O)[C@H](Cc1ccc(O)cc1)N(Cc1ccoc1)OC(=O)c1cn2cc(-c3ccc(Cl)cc3)ccc2n1. The molecule has 0 spiro atoms. The second-order valence-corrected chi connectivity index (χ2v) is 9.25. The monoisotopic (exact) mass is 545 g/mol. The topological polar surface area (TPSA) is 107 Å². The highest BCUT2D eigenvalue weighted by Gasteiger charge is 2.32. The summed E-state index contributed by atoms with van der Waals surface area (Å²) < 4.78 is 11.9. The summed E-state index contributed by atoms with van der Waals surface area (Å²) >= 11 is 6.01. The van der Waals surface area contributed by atoms with E-state index >= 15 is 0 Å². The first-order valence-corrected chi connectivity index (χ1v) is 12.4. The van der Waals surface area contributed by atoms with Crippen molar-refractivity contribution in [2.24, 2.45) is 0 Å². The maximum Gasteiger partial charge on any atom is 0.377 e. The third-order valence-corrected chi connectivity index (χ3v) is 6.39. The highest BCUT2D eigenvalue weighted by atomic mass is 35.5. The predicted molar refractivity (Wildman–Crippen MR) is 143 cm³/mol. The number of furan rings is 1. The van der Waals surface area contributed by atoms with Crippen LogP contribution in [-0.2, 0) is 27.3 Å². The van der Waals surface area contributed by atoms with Crippen molar-refractivity contribution in [3.63, 3.8) is 0 Å². The first-order valence-electron chi connectivity index (χ1n) is 12.0. The van der Waals surface area contributed by atoms with Gasteiger partial charge in [-0.25, -0.2) is 9.78 Å². The lowest BCUT2D eigenvalue weighted by Gasteiger charge is -2.27. The summed E-state index contributed by atoms with van der Waals surface area (Å²) in [6.07, 6.45) is 6.57. The number of ether oxygens (including phenoxy) is 1. The number of halogens is 1. The van der Waals surface area contributed by atoms with E-state index in [2.05, 4.69) is 4.98 Å². The van der Waals surface area contributed by atoms with Gasteiger partial charge in [-0.15, -0.1) is 5.06 Å². The van der Waals surface area contributed by atoms with Crippen molar-refractivity contribution in [3.8, 4) is 16.9 Å². The summed E-state index contributed by atoms with van der Waals surface area (Å²) in [5.41, 5.74) is 3.91. The summed E-state index contributed by atoms with van der Waals surface area (Å²) in [4.78, 5) is 36.3. The van der Waals surface area contributed by atoms with Gasteiger partial charge < -0.3 is 23.5 Å². The van der Waals surface area contributed by atoms with E-state index in [0.29, 0.717) is 16.2 Å². The predicted octanol–water partition coefficient (Wildman–Crippen LogP) is 5.31.